The molecule has 1 rings (SSSR count). The van der Waals surface area contributed by atoms with Gasteiger partial charge in [0.25, 0.3) is 0 Å². The Morgan fingerprint density at radius 1 is 1.20 bits per heavy atom. The van der Waals surface area contributed by atoms with E-state index in [1.807, 2.05) is 0 Å². The van der Waals surface area contributed by atoms with Crippen molar-refractivity contribution in [2.45, 2.75) is 29.8 Å². The number of thioether (sulfide) groups is 1. The van der Waals surface area contributed by atoms with Crippen LogP contribution in [0.4, 0.5) is 0 Å². The third kappa shape index (κ3) is 3.28. The quantitative estimate of drug-likeness (QED) is 0.305. The van der Waals surface area contributed by atoms with Crippen molar-refractivity contribution in [2.24, 2.45) is 0 Å². The highest BCUT2D eigenvalue weighted by Crippen LogP contribution is 2.20. The molecule has 0 aliphatic carbocycles. The molecule has 0 bridgehead atoms. The van der Waals surface area contributed by atoms with Gasteiger partial charge >= 0.3 is 0 Å². The van der Waals surface area contributed by atoms with E-state index in [0.717, 1.165) is 12.3 Å². The Kier molecular flexibility index (Phi) is 5.27. The molecular formula is C8H17NO5S. The van der Waals surface area contributed by atoms with Gasteiger partial charge in [0, 0.05) is 12.3 Å². The van der Waals surface area contributed by atoms with Gasteiger partial charge in [0.05, 0.1) is 12.0 Å². The Labute approximate surface area is 91.9 Å². The van der Waals surface area contributed by atoms with Crippen molar-refractivity contribution in [3.8, 4) is 0 Å². The van der Waals surface area contributed by atoms with Gasteiger partial charge in [-0.05, 0) is 0 Å². The smallest absolute Gasteiger partial charge is 0.111 e. The van der Waals surface area contributed by atoms with E-state index >= 15 is 0 Å². The van der Waals surface area contributed by atoms with E-state index in [1.54, 1.807) is 0 Å². The minimum Gasteiger partial charge on any atom is -0.394 e. The maximum absolute atomic E-state index is 9.65. The average molecular weight is 239 g/mol. The van der Waals surface area contributed by atoms with Crippen LogP contribution < -0.4 is 5.32 Å². The van der Waals surface area contributed by atoms with Crippen LogP contribution in [0.15, 0.2) is 0 Å². The zero-order chi connectivity index (χ0) is 11.4. The summed E-state index contributed by atoms with van der Waals surface area (Å²) in [6, 6.07) is 0. The van der Waals surface area contributed by atoms with Crippen LogP contribution in [-0.2, 0) is 0 Å². The van der Waals surface area contributed by atoms with E-state index in [9.17, 15) is 15.3 Å². The van der Waals surface area contributed by atoms with Crippen LogP contribution in [0.5, 0.6) is 0 Å². The first-order valence-electron chi connectivity index (χ1n) is 4.76. The number of nitrogens with one attached hydrogen (secondary N) is 1. The largest absolute Gasteiger partial charge is 0.394 e. The highest BCUT2D eigenvalue weighted by atomic mass is 32.2. The fourth-order valence-electron chi connectivity index (χ4n) is 1.38. The van der Waals surface area contributed by atoms with Crippen molar-refractivity contribution in [1.29, 1.82) is 0 Å². The first-order valence-corrected chi connectivity index (χ1v) is 5.81. The fourth-order valence-corrected chi connectivity index (χ4v) is 2.47. The van der Waals surface area contributed by atoms with E-state index in [1.165, 1.54) is 11.8 Å². The second kappa shape index (κ2) is 6.00. The van der Waals surface area contributed by atoms with Crippen LogP contribution in [0, 0.1) is 0 Å². The summed E-state index contributed by atoms with van der Waals surface area (Å²) in [5.41, 5.74) is 0. The normalized spacial score (nSPS) is 29.8. The predicted octanol–water partition coefficient (Wildman–Crippen LogP) is -2.92. The summed E-state index contributed by atoms with van der Waals surface area (Å²) < 4.78 is 0. The minimum atomic E-state index is -1.55. The predicted molar refractivity (Wildman–Crippen MR) is 55.4 cm³/mol. The lowest BCUT2D eigenvalue weighted by Gasteiger charge is -2.28. The molecule has 0 unspecified atom stereocenters. The van der Waals surface area contributed by atoms with Gasteiger partial charge in [-0.3, -0.25) is 0 Å². The standard InChI is InChI=1S/C8H17NO5S/c10-3-4(11)5(12)6(13)7(14)8-9-1-2-15-8/h4-14H,1-3H2/t4-,5-,6+,7+,8+/m0/s1. The highest BCUT2D eigenvalue weighted by Gasteiger charge is 2.35. The van der Waals surface area contributed by atoms with Gasteiger partial charge in [-0.1, -0.05) is 0 Å². The van der Waals surface area contributed by atoms with E-state index in [0.29, 0.717) is 0 Å². The van der Waals surface area contributed by atoms with Gasteiger partial charge < -0.3 is 30.8 Å². The molecule has 0 amide bonds. The summed E-state index contributed by atoms with van der Waals surface area (Å²) >= 11 is 1.44. The molecule has 0 radical (unpaired) electrons. The molecule has 0 aromatic rings. The molecule has 15 heavy (non-hydrogen) atoms. The number of rotatable bonds is 5. The Balaban J connectivity index is 2.46. The minimum absolute atomic E-state index is 0.347. The molecule has 1 saturated heterocycles. The summed E-state index contributed by atoms with van der Waals surface area (Å²) in [6.45, 7) is 0.0773. The van der Waals surface area contributed by atoms with Crippen LogP contribution in [0.2, 0.25) is 0 Å². The Morgan fingerprint density at radius 3 is 2.33 bits per heavy atom. The molecule has 0 aromatic carbocycles. The summed E-state index contributed by atoms with van der Waals surface area (Å²) in [5, 5.41) is 48.8. The molecule has 7 heteroatoms. The third-order valence-corrected chi connectivity index (χ3v) is 3.58. The summed E-state index contributed by atoms with van der Waals surface area (Å²) in [6.07, 6.45) is -5.64. The number of hydrogen-bond acceptors (Lipinski definition) is 7. The maximum Gasteiger partial charge on any atom is 0.111 e. The van der Waals surface area contributed by atoms with Gasteiger partial charge in [-0.15, -0.1) is 11.8 Å². The van der Waals surface area contributed by atoms with Gasteiger partial charge in [-0.25, -0.2) is 0 Å². The van der Waals surface area contributed by atoms with Gasteiger partial charge in [-0.2, -0.15) is 0 Å². The zero-order valence-corrected chi connectivity index (χ0v) is 8.97. The van der Waals surface area contributed by atoms with E-state index in [-0.39, 0.29) is 5.37 Å². The molecule has 0 aromatic heterocycles. The monoisotopic (exact) mass is 239 g/mol. The lowest BCUT2D eigenvalue weighted by atomic mass is 10.0. The second-order valence-electron chi connectivity index (χ2n) is 3.47. The molecule has 6 N–H and O–H groups in total. The Hall–Kier alpha value is 0.110. The fraction of sp³-hybridized carbons (Fsp3) is 1.00. The molecule has 1 heterocycles. The average Bonchev–Trinajstić information content (AvgIpc) is 2.78. The molecule has 0 spiro atoms. The maximum atomic E-state index is 9.65. The molecule has 1 aliphatic rings. The second-order valence-corrected chi connectivity index (χ2v) is 4.72. The number of hydrogen-bond donors (Lipinski definition) is 6. The number of aliphatic hydroxyl groups excluding tert-OH is 5. The summed E-state index contributed by atoms with van der Waals surface area (Å²) in [5.74, 6) is 0.826. The van der Waals surface area contributed by atoms with Crippen LogP contribution >= 0.6 is 11.8 Å². The van der Waals surface area contributed by atoms with Crippen LogP contribution in [0.25, 0.3) is 0 Å². The molecule has 6 nitrogen and oxygen atoms in total. The van der Waals surface area contributed by atoms with Crippen LogP contribution in [-0.4, -0.2) is 74.2 Å². The van der Waals surface area contributed by atoms with Crippen molar-refractivity contribution < 1.29 is 25.5 Å². The van der Waals surface area contributed by atoms with E-state index < -0.39 is 31.0 Å². The molecule has 1 fully saturated rings. The Morgan fingerprint density at radius 2 is 1.87 bits per heavy atom. The van der Waals surface area contributed by atoms with Gasteiger partial charge in [0.15, 0.2) is 0 Å². The molecular weight excluding hydrogens is 222 g/mol. The van der Waals surface area contributed by atoms with E-state index in [4.69, 9.17) is 10.2 Å². The summed E-state index contributed by atoms with van der Waals surface area (Å²) in [4.78, 5) is 0. The van der Waals surface area contributed by atoms with Crippen molar-refractivity contribution >= 4 is 11.8 Å². The topological polar surface area (TPSA) is 113 Å². The van der Waals surface area contributed by atoms with Gasteiger partial charge in [0.1, 0.15) is 24.4 Å². The first kappa shape index (κ1) is 13.2. The lowest BCUT2D eigenvalue weighted by Crippen LogP contribution is -2.51. The molecule has 0 saturated carbocycles. The van der Waals surface area contributed by atoms with Crippen molar-refractivity contribution in [2.75, 3.05) is 18.9 Å². The van der Waals surface area contributed by atoms with E-state index in [2.05, 4.69) is 5.32 Å². The summed E-state index contributed by atoms with van der Waals surface area (Å²) in [7, 11) is 0. The molecule has 5 atom stereocenters. The third-order valence-electron chi connectivity index (χ3n) is 2.34. The van der Waals surface area contributed by atoms with Crippen molar-refractivity contribution in [1.82, 2.24) is 5.32 Å². The Bertz CT molecular complexity index is 190. The molecule has 1 aliphatic heterocycles. The van der Waals surface area contributed by atoms with Crippen molar-refractivity contribution in [3.05, 3.63) is 0 Å². The lowest BCUT2D eigenvalue weighted by molar-refractivity contribution is -0.115. The van der Waals surface area contributed by atoms with Crippen LogP contribution in [0.1, 0.15) is 0 Å². The van der Waals surface area contributed by atoms with Crippen LogP contribution in [0.3, 0.4) is 0 Å². The molecule has 90 valence electrons. The van der Waals surface area contributed by atoms with Crippen molar-refractivity contribution in [3.63, 3.8) is 0 Å². The number of aliphatic hydroxyl groups is 5. The first-order chi connectivity index (χ1) is 7.07. The van der Waals surface area contributed by atoms with Gasteiger partial charge in [0.2, 0.25) is 0 Å². The zero-order valence-electron chi connectivity index (χ0n) is 8.15. The highest BCUT2D eigenvalue weighted by molar-refractivity contribution is 8.00. The SMILES string of the molecule is OC[C@H](O)[C@H](O)[C@@H](O)[C@@H](O)[C@@H]1NCCS1.